The zero-order chi connectivity index (χ0) is 30.2. The molecule has 42 heavy (non-hydrogen) atoms. The third kappa shape index (κ3) is 7.99. The number of Topliss-reactive ketones (excluding diaryl/α,β-unsaturated/α-hetero) is 1. The third-order valence-corrected chi connectivity index (χ3v) is 7.85. The van der Waals surface area contributed by atoms with Gasteiger partial charge in [-0.2, -0.15) is 12.6 Å². The van der Waals surface area contributed by atoms with Crippen LogP contribution in [0.4, 0.5) is 26.2 Å². The Kier molecular flexibility index (Phi) is 10.8. The van der Waals surface area contributed by atoms with Crippen molar-refractivity contribution in [3.05, 3.63) is 53.8 Å². The molecule has 13 heteroatoms. The summed E-state index contributed by atoms with van der Waals surface area (Å²) < 4.78 is 20.6. The molecule has 11 nitrogen and oxygen atoms in total. The van der Waals surface area contributed by atoms with Gasteiger partial charge in [0.15, 0.2) is 5.78 Å². The van der Waals surface area contributed by atoms with Crippen LogP contribution in [-0.2, 0) is 14.3 Å². The third-order valence-electron chi connectivity index (χ3n) is 7.30. The molecule has 2 atom stereocenters. The maximum atomic E-state index is 15.2. The summed E-state index contributed by atoms with van der Waals surface area (Å²) in [5, 5.41) is 5.81. The predicted molar refractivity (Wildman–Crippen MR) is 162 cm³/mol. The van der Waals surface area contributed by atoms with E-state index < -0.39 is 11.9 Å². The van der Waals surface area contributed by atoms with Crippen molar-refractivity contribution in [2.45, 2.75) is 37.7 Å². The van der Waals surface area contributed by atoms with Crippen molar-refractivity contribution in [2.75, 3.05) is 60.9 Å². The van der Waals surface area contributed by atoms with Crippen LogP contribution in [0, 0.1) is 5.82 Å². The second-order valence-corrected chi connectivity index (χ2v) is 10.8. The van der Waals surface area contributed by atoms with Crippen LogP contribution in [0.1, 0.15) is 36.5 Å². The Hall–Kier alpha value is -3.68. The zero-order valence-electron chi connectivity index (χ0n) is 23.6. The average molecular weight is 601 g/mol. The van der Waals surface area contributed by atoms with Crippen LogP contribution in [-0.4, -0.2) is 85.9 Å². The number of nitrogens with zero attached hydrogens (tertiary/aromatic N) is 3. The molecule has 0 aliphatic carbocycles. The lowest BCUT2D eigenvalue weighted by Gasteiger charge is -2.36. The fourth-order valence-electron chi connectivity index (χ4n) is 4.84. The van der Waals surface area contributed by atoms with E-state index in [4.69, 9.17) is 10.5 Å². The molecule has 0 bridgehead atoms. The first-order valence-electron chi connectivity index (χ1n) is 14.0. The number of anilines is 3. The minimum absolute atomic E-state index is 0.00965. The number of hydrogen-bond donors (Lipinski definition) is 4. The highest BCUT2D eigenvalue weighted by Crippen LogP contribution is 2.29. The van der Waals surface area contributed by atoms with Gasteiger partial charge in [0.2, 0.25) is 11.8 Å². The zero-order valence-corrected chi connectivity index (χ0v) is 24.4. The lowest BCUT2D eigenvalue weighted by molar-refractivity contribution is -0.131. The number of piperazine rings is 1. The van der Waals surface area contributed by atoms with Crippen LogP contribution >= 0.6 is 12.6 Å². The number of ketones is 1. The molecule has 2 aliphatic rings. The summed E-state index contributed by atoms with van der Waals surface area (Å²) in [6.07, 6.45) is 0.104. The number of rotatable bonds is 12. The van der Waals surface area contributed by atoms with E-state index in [1.54, 1.807) is 41.3 Å². The summed E-state index contributed by atoms with van der Waals surface area (Å²) in [7, 11) is 0. The van der Waals surface area contributed by atoms with E-state index in [0.29, 0.717) is 61.9 Å². The van der Waals surface area contributed by atoms with E-state index in [1.165, 1.54) is 11.0 Å². The molecule has 4 N–H and O–H groups in total. The molecule has 0 spiro atoms. The van der Waals surface area contributed by atoms with E-state index in [0.717, 1.165) is 6.42 Å². The lowest BCUT2D eigenvalue weighted by Crippen LogP contribution is -2.49. The molecule has 2 unspecified atom stereocenters. The molecule has 2 aromatic rings. The molecular formula is C29H37FN6O5S. The van der Waals surface area contributed by atoms with Crippen LogP contribution in [0.3, 0.4) is 0 Å². The molecule has 2 fully saturated rings. The van der Waals surface area contributed by atoms with Gasteiger partial charge in [-0.05, 0) is 48.9 Å². The number of nitrogens with two attached hydrogens (primary N) is 1. The lowest BCUT2D eigenvalue weighted by atomic mass is 10.1. The van der Waals surface area contributed by atoms with Crippen LogP contribution in [0.15, 0.2) is 42.5 Å². The minimum Gasteiger partial charge on any atom is -0.443 e. The Labute approximate surface area is 249 Å². The molecule has 2 heterocycles. The number of cyclic esters (lactones) is 1. The van der Waals surface area contributed by atoms with Gasteiger partial charge in [0.1, 0.15) is 11.9 Å². The Morgan fingerprint density at radius 3 is 2.45 bits per heavy atom. The molecular weight excluding hydrogens is 563 g/mol. The quantitative estimate of drug-likeness (QED) is 0.166. The van der Waals surface area contributed by atoms with Crippen molar-refractivity contribution >= 4 is 53.4 Å². The van der Waals surface area contributed by atoms with Crippen LogP contribution < -0.4 is 26.2 Å². The smallest absolute Gasteiger partial charge is 0.414 e. The fourth-order valence-corrected chi connectivity index (χ4v) is 4.95. The van der Waals surface area contributed by atoms with Gasteiger partial charge in [-0.25, -0.2) is 9.18 Å². The standard InChI is InChI=1S/C29H37FN6O5S/c1-2-27(42)32-17-22-18-36(29(40)41-22)21-7-8-24(23(30)15-21)34-11-13-35(14-12-34)28(39)10-9-25(37)19-3-5-20(6-4-19)33-26(38)16-31/h3-8,15,22,27,32,42H,2,9-14,16-18,31H2,1H3,(H,33,38). The summed E-state index contributed by atoms with van der Waals surface area (Å²) in [5.74, 6) is -1.09. The highest BCUT2D eigenvalue weighted by molar-refractivity contribution is 7.80. The number of amides is 3. The van der Waals surface area contributed by atoms with E-state index in [9.17, 15) is 19.2 Å². The second-order valence-electron chi connectivity index (χ2n) is 10.2. The van der Waals surface area contributed by atoms with E-state index in [1.807, 2.05) is 11.8 Å². The van der Waals surface area contributed by atoms with Gasteiger partial charge in [-0.1, -0.05) is 6.92 Å². The Bertz CT molecular complexity index is 1290. The number of thiol groups is 1. The minimum atomic E-state index is -0.514. The summed E-state index contributed by atoms with van der Waals surface area (Å²) in [4.78, 5) is 54.1. The predicted octanol–water partition coefficient (Wildman–Crippen LogP) is 2.62. The van der Waals surface area contributed by atoms with Crippen molar-refractivity contribution in [1.29, 1.82) is 0 Å². The first-order valence-corrected chi connectivity index (χ1v) is 14.5. The maximum Gasteiger partial charge on any atom is 0.414 e. The molecule has 4 rings (SSSR count). The summed E-state index contributed by atoms with van der Waals surface area (Å²) in [6.45, 7) is 4.33. The number of nitrogens with one attached hydrogen (secondary N) is 2. The summed E-state index contributed by atoms with van der Waals surface area (Å²) in [5.41, 5.74) is 7.10. The van der Waals surface area contributed by atoms with E-state index in [2.05, 4.69) is 23.3 Å². The number of carbonyl (C=O) groups excluding carboxylic acids is 4. The maximum absolute atomic E-state index is 15.2. The van der Waals surface area contributed by atoms with Crippen LogP contribution in [0.5, 0.6) is 0 Å². The van der Waals surface area contributed by atoms with Crippen molar-refractivity contribution in [3.8, 4) is 0 Å². The average Bonchev–Trinajstić information content (AvgIpc) is 3.38. The molecule has 2 aromatic carbocycles. The summed E-state index contributed by atoms with van der Waals surface area (Å²) >= 11 is 4.39. The van der Waals surface area contributed by atoms with Gasteiger partial charge in [0.25, 0.3) is 0 Å². The van der Waals surface area contributed by atoms with Gasteiger partial charge in [-0.15, -0.1) is 0 Å². The number of halogens is 1. The van der Waals surface area contributed by atoms with Gasteiger partial charge < -0.3 is 30.9 Å². The highest BCUT2D eigenvalue weighted by Gasteiger charge is 2.33. The number of carbonyl (C=O) groups is 4. The van der Waals surface area contributed by atoms with Gasteiger partial charge in [-0.3, -0.25) is 19.3 Å². The fraction of sp³-hybridized carbons (Fsp3) is 0.448. The van der Waals surface area contributed by atoms with Crippen LogP contribution in [0.25, 0.3) is 0 Å². The van der Waals surface area contributed by atoms with Gasteiger partial charge >= 0.3 is 6.09 Å². The molecule has 0 radical (unpaired) electrons. The summed E-state index contributed by atoms with van der Waals surface area (Å²) in [6, 6.07) is 11.1. The molecule has 2 saturated heterocycles. The van der Waals surface area contributed by atoms with Gasteiger partial charge in [0, 0.05) is 56.8 Å². The largest absolute Gasteiger partial charge is 0.443 e. The molecule has 3 amide bonds. The Balaban J connectivity index is 1.24. The normalized spacial score (nSPS) is 17.7. The van der Waals surface area contributed by atoms with Crippen molar-refractivity contribution in [2.24, 2.45) is 5.73 Å². The highest BCUT2D eigenvalue weighted by atomic mass is 32.1. The first kappa shape index (κ1) is 31.3. The Morgan fingerprint density at radius 2 is 1.81 bits per heavy atom. The molecule has 226 valence electrons. The monoisotopic (exact) mass is 600 g/mol. The SMILES string of the molecule is CCC(S)NCC1CN(c2ccc(N3CCN(C(=O)CCC(=O)c4ccc(NC(=O)CN)cc4)CC3)c(F)c2)C(=O)O1. The molecule has 2 aliphatic heterocycles. The first-order chi connectivity index (χ1) is 20.2. The topological polar surface area (TPSA) is 137 Å². The van der Waals surface area contributed by atoms with Gasteiger partial charge in [0.05, 0.1) is 29.8 Å². The number of hydrogen-bond acceptors (Lipinski definition) is 9. The second kappa shape index (κ2) is 14.5. The van der Waals surface area contributed by atoms with Crippen molar-refractivity contribution in [1.82, 2.24) is 10.2 Å². The Morgan fingerprint density at radius 1 is 1.10 bits per heavy atom. The van der Waals surface area contributed by atoms with Crippen molar-refractivity contribution in [3.63, 3.8) is 0 Å². The number of ether oxygens (including phenoxy) is 1. The van der Waals surface area contributed by atoms with E-state index in [-0.39, 0.29) is 48.5 Å². The number of benzene rings is 2. The molecule has 0 aromatic heterocycles. The van der Waals surface area contributed by atoms with Crippen molar-refractivity contribution < 1.29 is 28.3 Å². The van der Waals surface area contributed by atoms with E-state index >= 15 is 4.39 Å². The van der Waals surface area contributed by atoms with Crippen LogP contribution in [0.2, 0.25) is 0 Å². The molecule has 0 saturated carbocycles.